The Bertz CT molecular complexity index is 578. The van der Waals surface area contributed by atoms with E-state index >= 15 is 0 Å². The van der Waals surface area contributed by atoms with Crippen LogP contribution in [0, 0.1) is 0 Å². The Labute approximate surface area is 113 Å². The van der Waals surface area contributed by atoms with Gasteiger partial charge in [-0.3, -0.25) is 9.80 Å². The van der Waals surface area contributed by atoms with E-state index in [9.17, 15) is 18.0 Å². The predicted octanol–water partition coefficient (Wildman–Crippen LogP) is 1.92. The van der Waals surface area contributed by atoms with Crippen LogP contribution in [0.2, 0.25) is 0 Å². The maximum absolute atomic E-state index is 12.6. The molecule has 0 saturated heterocycles. The van der Waals surface area contributed by atoms with Gasteiger partial charge in [-0.25, -0.2) is 0 Å². The molecule has 0 spiro atoms. The Morgan fingerprint density at radius 2 is 2.15 bits per heavy atom. The van der Waals surface area contributed by atoms with Crippen LogP contribution in [0.1, 0.15) is 11.1 Å². The van der Waals surface area contributed by atoms with Crippen molar-refractivity contribution in [3.05, 3.63) is 47.0 Å². The fourth-order valence-corrected chi connectivity index (χ4v) is 1.82. The SMILES string of the molecule is NC(=O)C1=CC=NN(Cc2cccc(C(F)(F)F)c2)C1. The number of nitrogens with zero attached hydrogens (tertiary/aromatic N) is 2. The lowest BCUT2D eigenvalue weighted by Crippen LogP contribution is -2.29. The summed E-state index contributed by atoms with van der Waals surface area (Å²) in [5.41, 5.74) is 5.28. The second-order valence-corrected chi connectivity index (χ2v) is 4.34. The summed E-state index contributed by atoms with van der Waals surface area (Å²) in [5, 5.41) is 5.47. The molecular weight excluding hydrogens is 271 g/mol. The van der Waals surface area contributed by atoms with Crippen molar-refractivity contribution in [1.82, 2.24) is 5.01 Å². The molecule has 1 aromatic carbocycles. The molecule has 4 nitrogen and oxygen atoms in total. The summed E-state index contributed by atoms with van der Waals surface area (Å²) in [7, 11) is 0. The van der Waals surface area contributed by atoms with Gasteiger partial charge < -0.3 is 5.73 Å². The fraction of sp³-hybridized carbons (Fsp3) is 0.231. The number of halogens is 3. The second-order valence-electron chi connectivity index (χ2n) is 4.34. The molecule has 7 heteroatoms. The number of nitrogens with two attached hydrogens (primary N) is 1. The normalized spacial score (nSPS) is 15.2. The van der Waals surface area contributed by atoms with E-state index < -0.39 is 17.6 Å². The van der Waals surface area contributed by atoms with Crippen molar-refractivity contribution in [2.24, 2.45) is 10.8 Å². The molecule has 0 fully saturated rings. The Morgan fingerprint density at radius 3 is 2.80 bits per heavy atom. The molecule has 1 heterocycles. The molecule has 0 radical (unpaired) electrons. The monoisotopic (exact) mass is 283 g/mol. The minimum absolute atomic E-state index is 0.172. The first-order valence-electron chi connectivity index (χ1n) is 5.80. The number of allylic oxidation sites excluding steroid dienone is 1. The average molecular weight is 283 g/mol. The second kappa shape index (κ2) is 5.36. The zero-order chi connectivity index (χ0) is 14.8. The van der Waals surface area contributed by atoms with Crippen LogP contribution in [0.4, 0.5) is 13.2 Å². The first kappa shape index (κ1) is 14.1. The smallest absolute Gasteiger partial charge is 0.366 e. The standard InChI is InChI=1S/C13H12F3N3O/c14-13(15,16)11-3-1-2-9(6-11)7-19-8-10(12(17)20)4-5-18-19/h1-6H,7-8H2,(H2,17,20). The maximum Gasteiger partial charge on any atom is 0.416 e. The van der Waals surface area contributed by atoms with Gasteiger partial charge >= 0.3 is 6.18 Å². The molecule has 1 aliphatic rings. The topological polar surface area (TPSA) is 58.7 Å². The van der Waals surface area contributed by atoms with Gasteiger partial charge in [0.2, 0.25) is 5.91 Å². The molecule has 0 bridgehead atoms. The van der Waals surface area contributed by atoms with Crippen LogP contribution in [0.5, 0.6) is 0 Å². The zero-order valence-corrected chi connectivity index (χ0v) is 10.4. The molecule has 0 unspecified atom stereocenters. The van der Waals surface area contributed by atoms with Gasteiger partial charge in [0.1, 0.15) is 0 Å². The molecule has 2 rings (SSSR count). The highest BCUT2D eigenvalue weighted by Crippen LogP contribution is 2.29. The Balaban J connectivity index is 2.10. The molecule has 106 valence electrons. The first-order valence-corrected chi connectivity index (χ1v) is 5.80. The van der Waals surface area contributed by atoms with Gasteiger partial charge in [0.15, 0.2) is 0 Å². The number of amides is 1. The number of carbonyl (C=O) groups excluding carboxylic acids is 1. The summed E-state index contributed by atoms with van der Waals surface area (Å²) in [6.07, 6.45) is -1.48. The number of carbonyl (C=O) groups is 1. The maximum atomic E-state index is 12.6. The lowest BCUT2D eigenvalue weighted by molar-refractivity contribution is -0.137. The first-order chi connectivity index (χ1) is 9.36. The Hall–Kier alpha value is -2.31. The molecule has 1 amide bonds. The summed E-state index contributed by atoms with van der Waals surface area (Å²) in [4.78, 5) is 11.1. The quantitative estimate of drug-likeness (QED) is 0.921. The van der Waals surface area contributed by atoms with Crippen LogP contribution in [0.3, 0.4) is 0 Å². The Kier molecular flexibility index (Phi) is 3.78. The van der Waals surface area contributed by atoms with Gasteiger partial charge in [0.05, 0.1) is 18.7 Å². The summed E-state index contributed by atoms with van der Waals surface area (Å²) >= 11 is 0. The third-order valence-corrected chi connectivity index (χ3v) is 2.79. The number of alkyl halides is 3. The van der Waals surface area contributed by atoms with Crippen molar-refractivity contribution in [3.8, 4) is 0 Å². The number of rotatable bonds is 3. The fourth-order valence-electron chi connectivity index (χ4n) is 1.82. The van der Waals surface area contributed by atoms with Crippen molar-refractivity contribution in [2.75, 3.05) is 6.54 Å². The van der Waals surface area contributed by atoms with E-state index in [4.69, 9.17) is 5.73 Å². The van der Waals surface area contributed by atoms with Crippen molar-refractivity contribution in [1.29, 1.82) is 0 Å². The van der Waals surface area contributed by atoms with E-state index in [2.05, 4.69) is 5.10 Å². The van der Waals surface area contributed by atoms with E-state index in [0.717, 1.165) is 12.1 Å². The Morgan fingerprint density at radius 1 is 1.40 bits per heavy atom. The number of benzene rings is 1. The molecule has 0 aromatic heterocycles. The van der Waals surface area contributed by atoms with Gasteiger partial charge in [-0.05, 0) is 23.8 Å². The highest BCUT2D eigenvalue weighted by Gasteiger charge is 2.30. The van der Waals surface area contributed by atoms with E-state index in [1.807, 2.05) is 0 Å². The van der Waals surface area contributed by atoms with Gasteiger partial charge in [-0.2, -0.15) is 18.3 Å². The molecule has 2 N–H and O–H groups in total. The molecule has 1 aliphatic heterocycles. The van der Waals surface area contributed by atoms with Crippen LogP contribution >= 0.6 is 0 Å². The summed E-state index contributed by atoms with van der Waals surface area (Å²) < 4.78 is 37.8. The van der Waals surface area contributed by atoms with Crippen molar-refractivity contribution in [2.45, 2.75) is 12.7 Å². The third kappa shape index (κ3) is 3.37. The van der Waals surface area contributed by atoms with E-state index in [1.54, 1.807) is 6.07 Å². The molecule has 1 aromatic rings. The van der Waals surface area contributed by atoms with Crippen molar-refractivity contribution >= 4 is 12.1 Å². The number of hydrogen-bond acceptors (Lipinski definition) is 3. The minimum Gasteiger partial charge on any atom is -0.366 e. The van der Waals surface area contributed by atoms with Gasteiger partial charge in [0, 0.05) is 11.8 Å². The number of primary amides is 1. The van der Waals surface area contributed by atoms with Gasteiger partial charge in [-0.15, -0.1) is 0 Å². The van der Waals surface area contributed by atoms with Crippen LogP contribution in [-0.2, 0) is 17.5 Å². The highest BCUT2D eigenvalue weighted by atomic mass is 19.4. The van der Waals surface area contributed by atoms with Gasteiger partial charge in [0.25, 0.3) is 0 Å². The average Bonchev–Trinajstić information content (AvgIpc) is 2.38. The number of hydrogen-bond donors (Lipinski definition) is 1. The zero-order valence-electron chi connectivity index (χ0n) is 10.4. The largest absolute Gasteiger partial charge is 0.416 e. The molecular formula is C13H12F3N3O. The molecule has 0 saturated carbocycles. The summed E-state index contributed by atoms with van der Waals surface area (Å²) in [6.45, 7) is 0.354. The third-order valence-electron chi connectivity index (χ3n) is 2.79. The summed E-state index contributed by atoms with van der Waals surface area (Å²) in [6, 6.07) is 5.00. The number of hydrazone groups is 1. The van der Waals surface area contributed by atoms with Crippen LogP contribution < -0.4 is 5.73 Å². The lowest BCUT2D eigenvalue weighted by Gasteiger charge is -2.22. The van der Waals surface area contributed by atoms with Crippen molar-refractivity contribution < 1.29 is 18.0 Å². The predicted molar refractivity (Wildman–Crippen MR) is 67.6 cm³/mol. The van der Waals surface area contributed by atoms with Crippen LogP contribution in [0.15, 0.2) is 41.0 Å². The molecule has 20 heavy (non-hydrogen) atoms. The minimum atomic E-state index is -4.38. The van der Waals surface area contributed by atoms with E-state index in [-0.39, 0.29) is 13.1 Å². The van der Waals surface area contributed by atoms with Crippen LogP contribution in [0.25, 0.3) is 0 Å². The van der Waals surface area contributed by atoms with Gasteiger partial charge in [-0.1, -0.05) is 12.1 Å². The summed E-state index contributed by atoms with van der Waals surface area (Å²) in [5.74, 6) is -0.565. The lowest BCUT2D eigenvalue weighted by atomic mass is 10.1. The highest BCUT2D eigenvalue weighted by molar-refractivity contribution is 5.97. The van der Waals surface area contributed by atoms with E-state index in [0.29, 0.717) is 11.1 Å². The van der Waals surface area contributed by atoms with Crippen LogP contribution in [-0.4, -0.2) is 23.7 Å². The molecule has 0 atom stereocenters. The van der Waals surface area contributed by atoms with E-state index in [1.165, 1.54) is 23.4 Å². The molecule has 0 aliphatic carbocycles. The van der Waals surface area contributed by atoms with Crippen molar-refractivity contribution in [3.63, 3.8) is 0 Å².